The molecule has 3 nitrogen and oxygen atoms in total. The quantitative estimate of drug-likeness (QED) is 0.204. The lowest BCUT2D eigenvalue weighted by molar-refractivity contribution is 0.415. The molecule has 1 heterocycles. The van der Waals surface area contributed by atoms with Crippen LogP contribution in [0.5, 0.6) is 5.75 Å². The Kier molecular flexibility index (Phi) is 11.6. The third-order valence-corrected chi connectivity index (χ3v) is 6.33. The lowest BCUT2D eigenvalue weighted by Gasteiger charge is -2.18. The fourth-order valence-corrected chi connectivity index (χ4v) is 4.64. The van der Waals surface area contributed by atoms with Crippen LogP contribution in [0.25, 0.3) is 33.4 Å². The lowest BCUT2D eigenvalue weighted by atomic mass is 9.86. The molecule has 0 amide bonds. The summed E-state index contributed by atoms with van der Waals surface area (Å²) in [5, 5.41) is 4.72. The Hall–Kier alpha value is -4.11. The Balaban J connectivity index is 0.00000100. The molecule has 0 bridgehead atoms. The van der Waals surface area contributed by atoms with Gasteiger partial charge in [-0.05, 0) is 57.5 Å². The Morgan fingerprint density at radius 3 is 1.85 bits per heavy atom. The van der Waals surface area contributed by atoms with Gasteiger partial charge in [0.25, 0.3) is 0 Å². The first kappa shape index (κ1) is 29.4. The second-order valence-corrected chi connectivity index (χ2v) is 8.82. The van der Waals surface area contributed by atoms with E-state index >= 15 is 0 Å². The molecule has 0 unspecified atom stereocenters. The summed E-state index contributed by atoms with van der Waals surface area (Å²) in [4.78, 5) is 0. The van der Waals surface area contributed by atoms with Crippen LogP contribution in [0, 0.1) is 0 Å². The number of hydrogen-bond donors (Lipinski definition) is 0. The van der Waals surface area contributed by atoms with Crippen molar-refractivity contribution >= 4 is 0 Å². The average molecular weight is 519 g/mol. The van der Waals surface area contributed by atoms with Crippen LogP contribution in [0.1, 0.15) is 52.2 Å². The first-order chi connectivity index (χ1) is 19.2. The van der Waals surface area contributed by atoms with Gasteiger partial charge in [-0.1, -0.05) is 126 Å². The van der Waals surface area contributed by atoms with Crippen molar-refractivity contribution in [3.8, 4) is 39.1 Å². The molecule has 4 aromatic carbocycles. The molecule has 0 fully saturated rings. The Labute approximate surface area is 235 Å². The maximum absolute atomic E-state index is 5.42. The summed E-state index contributed by atoms with van der Waals surface area (Å²) >= 11 is 0. The standard InChI is InChI=1S/C32H30N2O.2C2H6/c1-3-10-25-19-30(26-15-17-29(35-2)18-16-26)32(27-13-8-5-9-14-27)31(20-25)28-21-33-34(23-28)22-24-11-6-4-7-12-24;2*1-2/h4-9,11-21,23H,3,10,22H2,1-2H3;2*1-2H3. The Morgan fingerprint density at radius 2 is 1.26 bits per heavy atom. The summed E-state index contributed by atoms with van der Waals surface area (Å²) in [5.74, 6) is 0.863. The molecule has 39 heavy (non-hydrogen) atoms. The van der Waals surface area contributed by atoms with Crippen LogP contribution in [-0.2, 0) is 13.0 Å². The molecule has 0 aliphatic heterocycles. The lowest BCUT2D eigenvalue weighted by Crippen LogP contribution is -1.99. The average Bonchev–Trinajstić information content (AvgIpc) is 3.48. The third kappa shape index (κ3) is 7.48. The molecule has 0 atom stereocenters. The number of hydrogen-bond acceptors (Lipinski definition) is 2. The summed E-state index contributed by atoms with van der Waals surface area (Å²) in [6.07, 6.45) is 6.30. The number of aryl methyl sites for hydroxylation is 1. The maximum Gasteiger partial charge on any atom is 0.118 e. The van der Waals surface area contributed by atoms with E-state index in [4.69, 9.17) is 9.84 Å². The highest BCUT2D eigenvalue weighted by molar-refractivity contribution is 5.95. The summed E-state index contributed by atoms with van der Waals surface area (Å²) in [6.45, 7) is 11.0. The fraction of sp³-hybridized carbons (Fsp3) is 0.250. The van der Waals surface area contributed by atoms with Gasteiger partial charge in [0, 0.05) is 11.8 Å². The summed E-state index contributed by atoms with van der Waals surface area (Å²) in [5.41, 5.74) is 9.77. The molecule has 5 aromatic rings. The minimum atomic E-state index is 0.751. The summed E-state index contributed by atoms with van der Waals surface area (Å²) < 4.78 is 7.44. The van der Waals surface area contributed by atoms with Gasteiger partial charge in [0.05, 0.1) is 19.9 Å². The van der Waals surface area contributed by atoms with Crippen LogP contribution in [0.3, 0.4) is 0 Å². The van der Waals surface area contributed by atoms with E-state index in [0.29, 0.717) is 0 Å². The van der Waals surface area contributed by atoms with E-state index in [1.807, 2.05) is 56.8 Å². The minimum absolute atomic E-state index is 0.751. The Morgan fingerprint density at radius 1 is 0.667 bits per heavy atom. The number of methoxy groups -OCH3 is 1. The van der Waals surface area contributed by atoms with Crippen molar-refractivity contribution in [1.29, 1.82) is 0 Å². The van der Waals surface area contributed by atoms with E-state index in [1.165, 1.54) is 38.9 Å². The molecule has 0 saturated carbocycles. The van der Waals surface area contributed by atoms with Gasteiger partial charge in [-0.2, -0.15) is 5.10 Å². The van der Waals surface area contributed by atoms with Crippen LogP contribution in [0.4, 0.5) is 0 Å². The molecule has 0 spiro atoms. The smallest absolute Gasteiger partial charge is 0.118 e. The molecule has 202 valence electrons. The van der Waals surface area contributed by atoms with Crippen molar-refractivity contribution in [1.82, 2.24) is 9.78 Å². The van der Waals surface area contributed by atoms with Gasteiger partial charge in [-0.3, -0.25) is 4.68 Å². The van der Waals surface area contributed by atoms with Crippen LogP contribution in [0.15, 0.2) is 109 Å². The van der Waals surface area contributed by atoms with Gasteiger partial charge in [0.15, 0.2) is 0 Å². The van der Waals surface area contributed by atoms with Crippen LogP contribution >= 0.6 is 0 Å². The predicted molar refractivity (Wildman–Crippen MR) is 167 cm³/mol. The zero-order valence-electron chi connectivity index (χ0n) is 24.3. The zero-order chi connectivity index (χ0) is 28.0. The van der Waals surface area contributed by atoms with Crippen molar-refractivity contribution < 1.29 is 4.74 Å². The van der Waals surface area contributed by atoms with E-state index in [1.54, 1.807) is 7.11 Å². The van der Waals surface area contributed by atoms with Crippen LogP contribution in [0.2, 0.25) is 0 Å². The molecule has 0 radical (unpaired) electrons. The van der Waals surface area contributed by atoms with Gasteiger partial charge in [0.2, 0.25) is 0 Å². The predicted octanol–water partition coefficient (Wildman–Crippen LogP) is 9.95. The second kappa shape index (κ2) is 15.3. The van der Waals surface area contributed by atoms with E-state index in [-0.39, 0.29) is 0 Å². The van der Waals surface area contributed by atoms with Crippen molar-refractivity contribution in [3.63, 3.8) is 0 Å². The normalized spacial score (nSPS) is 10.1. The van der Waals surface area contributed by atoms with Crippen molar-refractivity contribution in [2.75, 3.05) is 7.11 Å². The van der Waals surface area contributed by atoms with Crippen molar-refractivity contribution in [3.05, 3.63) is 121 Å². The first-order valence-corrected chi connectivity index (χ1v) is 14.2. The molecular weight excluding hydrogens is 476 g/mol. The molecule has 5 rings (SSSR count). The highest BCUT2D eigenvalue weighted by Crippen LogP contribution is 2.41. The minimum Gasteiger partial charge on any atom is -0.497 e. The molecule has 3 heteroatoms. The van der Waals surface area contributed by atoms with E-state index in [2.05, 4.69) is 92.0 Å². The molecule has 0 N–H and O–H groups in total. The first-order valence-electron chi connectivity index (χ1n) is 14.2. The molecule has 0 aliphatic carbocycles. The maximum atomic E-state index is 5.42. The van der Waals surface area contributed by atoms with E-state index in [9.17, 15) is 0 Å². The topological polar surface area (TPSA) is 27.1 Å². The van der Waals surface area contributed by atoms with Crippen LogP contribution in [-0.4, -0.2) is 16.9 Å². The SMILES string of the molecule is CC.CC.CCCc1cc(-c2ccc(OC)cc2)c(-c2ccccc2)c(-c2cnn(Cc3ccccc3)c2)c1. The van der Waals surface area contributed by atoms with Gasteiger partial charge >= 0.3 is 0 Å². The molecule has 0 saturated heterocycles. The summed E-state index contributed by atoms with van der Waals surface area (Å²) in [6, 6.07) is 34.2. The number of aromatic nitrogens is 2. The van der Waals surface area contributed by atoms with Crippen LogP contribution < -0.4 is 4.74 Å². The second-order valence-electron chi connectivity index (χ2n) is 8.82. The van der Waals surface area contributed by atoms with E-state index in [0.717, 1.165) is 30.7 Å². The number of nitrogens with zero attached hydrogens (tertiary/aromatic N) is 2. The zero-order valence-corrected chi connectivity index (χ0v) is 24.3. The fourth-order valence-electron chi connectivity index (χ4n) is 4.64. The highest BCUT2D eigenvalue weighted by atomic mass is 16.5. The van der Waals surface area contributed by atoms with Gasteiger partial charge < -0.3 is 4.74 Å². The third-order valence-electron chi connectivity index (χ3n) is 6.33. The number of rotatable bonds is 8. The highest BCUT2D eigenvalue weighted by Gasteiger charge is 2.17. The molecular formula is C36H42N2O. The largest absolute Gasteiger partial charge is 0.497 e. The number of ether oxygens (including phenoxy) is 1. The summed E-state index contributed by atoms with van der Waals surface area (Å²) in [7, 11) is 1.71. The molecule has 1 aromatic heterocycles. The molecule has 0 aliphatic rings. The van der Waals surface area contributed by atoms with Gasteiger partial charge in [-0.25, -0.2) is 0 Å². The Bertz CT molecular complexity index is 1390. The monoisotopic (exact) mass is 518 g/mol. The number of benzene rings is 4. The van der Waals surface area contributed by atoms with E-state index < -0.39 is 0 Å². The van der Waals surface area contributed by atoms with Crippen molar-refractivity contribution in [2.24, 2.45) is 0 Å². The van der Waals surface area contributed by atoms with Crippen molar-refractivity contribution in [2.45, 2.75) is 54.0 Å². The van der Waals surface area contributed by atoms with Gasteiger partial charge in [0.1, 0.15) is 5.75 Å². The van der Waals surface area contributed by atoms with Gasteiger partial charge in [-0.15, -0.1) is 0 Å².